The Balaban J connectivity index is 2.09. The van der Waals surface area contributed by atoms with Crippen molar-refractivity contribution in [1.29, 1.82) is 0 Å². The molecule has 0 aliphatic heterocycles. The Morgan fingerprint density at radius 2 is 2.00 bits per heavy atom. The van der Waals surface area contributed by atoms with Crippen LogP contribution in [0.2, 0.25) is 0 Å². The van der Waals surface area contributed by atoms with E-state index in [0.29, 0.717) is 12.4 Å². The number of nitrogens with one attached hydrogen (secondary N) is 1. The quantitative estimate of drug-likeness (QED) is 0.778. The van der Waals surface area contributed by atoms with Gasteiger partial charge in [0.1, 0.15) is 23.2 Å². The molecule has 1 amide bonds. The van der Waals surface area contributed by atoms with E-state index in [9.17, 15) is 14.7 Å². The molecule has 2 aromatic rings. The third kappa shape index (κ3) is 6.27. The maximum absolute atomic E-state index is 12.5. The molecule has 2 rings (SSSR count). The Labute approximate surface area is 163 Å². The summed E-state index contributed by atoms with van der Waals surface area (Å²) in [6, 6.07) is 5.66. The van der Waals surface area contributed by atoms with Crippen molar-refractivity contribution in [1.82, 2.24) is 9.78 Å². The lowest BCUT2D eigenvalue weighted by Crippen LogP contribution is -2.27. The van der Waals surface area contributed by atoms with Gasteiger partial charge in [-0.1, -0.05) is 0 Å². The zero-order chi connectivity index (χ0) is 20.9. The number of ether oxygens (including phenoxy) is 3. The fourth-order valence-corrected chi connectivity index (χ4v) is 2.27. The summed E-state index contributed by atoms with van der Waals surface area (Å²) in [7, 11) is 1.55. The number of phenols is 1. The molecular formula is C19H25N3O6. The lowest BCUT2D eigenvalue weighted by Gasteiger charge is -2.18. The largest absolute Gasteiger partial charge is 0.508 e. The summed E-state index contributed by atoms with van der Waals surface area (Å²) in [6.07, 6.45) is 0.466. The van der Waals surface area contributed by atoms with Crippen LogP contribution < -0.4 is 10.1 Å². The molecule has 2 N–H and O–H groups in total. The SMILES string of the molecule is COC[C@H](C)Oc1cc(O)cc(C(=O)Nc2ccn(C(=O)OC(C)(C)C)n2)c1. The second-order valence-electron chi connectivity index (χ2n) is 7.18. The van der Waals surface area contributed by atoms with Crippen molar-refractivity contribution in [2.24, 2.45) is 0 Å². The number of methoxy groups -OCH3 is 1. The molecule has 0 aliphatic rings. The van der Waals surface area contributed by atoms with Gasteiger partial charge in [0.15, 0.2) is 5.82 Å². The van der Waals surface area contributed by atoms with Crippen molar-refractivity contribution in [2.45, 2.75) is 39.4 Å². The lowest BCUT2D eigenvalue weighted by atomic mass is 10.2. The predicted octanol–water partition coefficient (Wildman–Crippen LogP) is 3.04. The molecule has 0 bridgehead atoms. The molecule has 1 aromatic heterocycles. The van der Waals surface area contributed by atoms with Gasteiger partial charge in [-0.15, -0.1) is 5.10 Å². The molecule has 0 unspecified atom stereocenters. The van der Waals surface area contributed by atoms with Crippen LogP contribution in [0.3, 0.4) is 0 Å². The molecule has 9 heteroatoms. The van der Waals surface area contributed by atoms with E-state index in [1.165, 1.54) is 30.5 Å². The van der Waals surface area contributed by atoms with Crippen molar-refractivity contribution in [2.75, 3.05) is 19.0 Å². The predicted molar refractivity (Wildman–Crippen MR) is 102 cm³/mol. The second-order valence-corrected chi connectivity index (χ2v) is 7.18. The smallest absolute Gasteiger partial charge is 0.435 e. The highest BCUT2D eigenvalue weighted by molar-refractivity contribution is 6.04. The summed E-state index contributed by atoms with van der Waals surface area (Å²) < 4.78 is 16.8. The van der Waals surface area contributed by atoms with Crippen LogP contribution in [0.1, 0.15) is 38.1 Å². The fraction of sp³-hybridized carbons (Fsp3) is 0.421. The average molecular weight is 391 g/mol. The van der Waals surface area contributed by atoms with Gasteiger partial charge in [0.2, 0.25) is 0 Å². The molecule has 152 valence electrons. The molecule has 9 nitrogen and oxygen atoms in total. The minimum atomic E-state index is -0.662. The molecule has 0 saturated heterocycles. The van der Waals surface area contributed by atoms with Crippen LogP contribution in [0.5, 0.6) is 11.5 Å². The van der Waals surface area contributed by atoms with Crippen molar-refractivity contribution < 1.29 is 28.9 Å². The first-order chi connectivity index (χ1) is 13.1. The Morgan fingerprint density at radius 1 is 1.29 bits per heavy atom. The summed E-state index contributed by atoms with van der Waals surface area (Å²) >= 11 is 0. The molecule has 0 aliphatic carbocycles. The van der Waals surface area contributed by atoms with Gasteiger partial charge in [-0.05, 0) is 39.8 Å². The lowest BCUT2D eigenvalue weighted by molar-refractivity contribution is 0.0514. The van der Waals surface area contributed by atoms with E-state index in [2.05, 4.69) is 10.4 Å². The van der Waals surface area contributed by atoms with Crippen molar-refractivity contribution >= 4 is 17.8 Å². The normalized spacial score (nSPS) is 12.3. The highest BCUT2D eigenvalue weighted by Crippen LogP contribution is 2.23. The number of carbonyl (C=O) groups excluding carboxylic acids is 2. The van der Waals surface area contributed by atoms with Crippen LogP contribution in [0.4, 0.5) is 10.6 Å². The minimum absolute atomic E-state index is 0.119. The Morgan fingerprint density at radius 3 is 2.64 bits per heavy atom. The number of carbonyl (C=O) groups is 2. The Hall–Kier alpha value is -3.07. The number of rotatable bonds is 6. The number of hydrogen-bond acceptors (Lipinski definition) is 7. The third-order valence-corrected chi connectivity index (χ3v) is 3.30. The van der Waals surface area contributed by atoms with Gasteiger partial charge in [-0.25, -0.2) is 4.79 Å². The van der Waals surface area contributed by atoms with E-state index < -0.39 is 17.6 Å². The summed E-state index contributed by atoms with van der Waals surface area (Å²) in [4.78, 5) is 24.5. The minimum Gasteiger partial charge on any atom is -0.508 e. The molecule has 1 heterocycles. The summed E-state index contributed by atoms with van der Waals surface area (Å²) in [5.41, 5.74) is -0.490. The van der Waals surface area contributed by atoms with Gasteiger partial charge >= 0.3 is 6.09 Å². The van der Waals surface area contributed by atoms with E-state index in [1.54, 1.807) is 34.8 Å². The van der Waals surface area contributed by atoms with E-state index >= 15 is 0 Å². The zero-order valence-electron chi connectivity index (χ0n) is 16.6. The third-order valence-electron chi connectivity index (χ3n) is 3.30. The van der Waals surface area contributed by atoms with Gasteiger partial charge in [-0.2, -0.15) is 4.68 Å². The molecule has 0 spiro atoms. The first-order valence-electron chi connectivity index (χ1n) is 8.67. The van der Waals surface area contributed by atoms with E-state index in [0.717, 1.165) is 4.68 Å². The average Bonchev–Trinajstić information content (AvgIpc) is 3.01. The first kappa shape index (κ1) is 21.2. The van der Waals surface area contributed by atoms with Crippen molar-refractivity contribution in [3.05, 3.63) is 36.0 Å². The van der Waals surface area contributed by atoms with Crippen LogP contribution in [0, 0.1) is 0 Å². The van der Waals surface area contributed by atoms with Crippen LogP contribution in [-0.2, 0) is 9.47 Å². The Kier molecular flexibility index (Phi) is 6.63. The molecule has 28 heavy (non-hydrogen) atoms. The van der Waals surface area contributed by atoms with Crippen LogP contribution in [0.25, 0.3) is 0 Å². The zero-order valence-corrected chi connectivity index (χ0v) is 16.6. The summed E-state index contributed by atoms with van der Waals surface area (Å²) in [5, 5.41) is 16.4. The van der Waals surface area contributed by atoms with Crippen LogP contribution >= 0.6 is 0 Å². The number of aromatic nitrogens is 2. The second kappa shape index (κ2) is 8.75. The number of aromatic hydroxyl groups is 1. The molecule has 0 saturated carbocycles. The van der Waals surface area contributed by atoms with E-state index in [-0.39, 0.29) is 23.2 Å². The monoisotopic (exact) mass is 391 g/mol. The highest BCUT2D eigenvalue weighted by Gasteiger charge is 2.19. The number of phenolic OH excluding ortho intramolecular Hbond substituents is 1. The molecule has 1 aromatic carbocycles. The maximum Gasteiger partial charge on any atom is 0.435 e. The molecular weight excluding hydrogens is 366 g/mol. The summed E-state index contributed by atoms with van der Waals surface area (Å²) in [6.45, 7) is 7.39. The van der Waals surface area contributed by atoms with Crippen molar-refractivity contribution in [3.8, 4) is 11.5 Å². The van der Waals surface area contributed by atoms with Crippen molar-refractivity contribution in [3.63, 3.8) is 0 Å². The summed E-state index contributed by atoms with van der Waals surface area (Å²) in [5.74, 6) is -0.149. The first-order valence-corrected chi connectivity index (χ1v) is 8.67. The topological polar surface area (TPSA) is 112 Å². The highest BCUT2D eigenvalue weighted by atomic mass is 16.6. The van der Waals surface area contributed by atoms with Gasteiger partial charge in [-0.3, -0.25) is 4.79 Å². The number of nitrogens with zero attached hydrogens (tertiary/aromatic N) is 2. The molecule has 0 radical (unpaired) electrons. The fourth-order valence-electron chi connectivity index (χ4n) is 2.27. The Bertz CT molecular complexity index is 840. The standard InChI is InChI=1S/C19H25N3O6/c1-12(11-26-5)27-15-9-13(8-14(23)10-15)17(24)20-16-6-7-22(21-16)18(25)28-19(2,3)4/h6-10,12,23H,11H2,1-5H3,(H,20,21,24)/t12-/m0/s1. The molecule has 0 fully saturated rings. The van der Waals surface area contributed by atoms with Gasteiger partial charge < -0.3 is 24.6 Å². The van der Waals surface area contributed by atoms with Gasteiger partial charge in [0, 0.05) is 31.0 Å². The number of hydrogen-bond donors (Lipinski definition) is 2. The van der Waals surface area contributed by atoms with Crippen LogP contribution in [0.15, 0.2) is 30.5 Å². The van der Waals surface area contributed by atoms with E-state index in [1.807, 2.05) is 0 Å². The molecule has 1 atom stereocenters. The maximum atomic E-state index is 12.5. The number of benzene rings is 1. The van der Waals surface area contributed by atoms with Gasteiger partial charge in [0.25, 0.3) is 5.91 Å². The number of amides is 1. The van der Waals surface area contributed by atoms with Gasteiger partial charge in [0.05, 0.1) is 6.61 Å². The number of anilines is 1. The van der Waals surface area contributed by atoms with E-state index in [4.69, 9.17) is 14.2 Å². The van der Waals surface area contributed by atoms with Crippen LogP contribution in [-0.4, -0.2) is 52.3 Å².